The summed E-state index contributed by atoms with van der Waals surface area (Å²) in [6.45, 7) is 13.2. The number of aliphatic hydroxyl groups excluding tert-OH is 1. The Bertz CT molecular complexity index is 6080. The summed E-state index contributed by atoms with van der Waals surface area (Å²) in [7, 11) is 23.0. The fourth-order valence-corrected chi connectivity index (χ4v) is 14.7. The monoisotopic (exact) mass is 1930 g/mol. The third-order valence-electron chi connectivity index (χ3n) is 21.4. The van der Waals surface area contributed by atoms with E-state index in [1.807, 2.05) is 105 Å². The Balaban J connectivity index is 0.000000210. The van der Waals surface area contributed by atoms with Crippen molar-refractivity contribution in [2.75, 3.05) is 208 Å². The van der Waals surface area contributed by atoms with Crippen LogP contribution in [-0.4, -0.2) is 231 Å². The van der Waals surface area contributed by atoms with Gasteiger partial charge in [-0.2, -0.15) is 23.7 Å². The number of ether oxygens (including phenoxy) is 4. The van der Waals surface area contributed by atoms with E-state index in [4.69, 9.17) is 59.0 Å². The maximum atomic E-state index is 13.8. The van der Waals surface area contributed by atoms with Crippen LogP contribution in [0.2, 0.25) is 5.28 Å². The van der Waals surface area contributed by atoms with E-state index in [0.29, 0.717) is 58.1 Å². The second-order valence-electron chi connectivity index (χ2n) is 31.5. The zero-order valence-electron chi connectivity index (χ0n) is 78.9. The molecule has 8 aromatic carbocycles. The number of likely N-dealkylation sites (N-methyl/N-ethyl adjacent to an activating group) is 4. The van der Waals surface area contributed by atoms with Crippen LogP contribution in [0.3, 0.4) is 0 Å². The van der Waals surface area contributed by atoms with Gasteiger partial charge in [-0.3, -0.25) is 35.1 Å². The van der Waals surface area contributed by atoms with Gasteiger partial charge in [0.2, 0.25) is 40.0 Å². The van der Waals surface area contributed by atoms with Gasteiger partial charge in [0, 0.05) is 164 Å². The molecule has 0 radical (unpaired) electrons. The number of allylic oxidation sites excluding steroid dienone is 1. The van der Waals surface area contributed by atoms with Crippen molar-refractivity contribution >= 4 is 149 Å². The van der Waals surface area contributed by atoms with Crippen molar-refractivity contribution in [1.82, 2.24) is 54.6 Å². The number of nitrogens with zero attached hydrogens (tertiary/aromatic N) is 20. The number of carbonyl (C=O) groups excluding carboxylic acids is 1. The lowest BCUT2D eigenvalue weighted by Crippen LogP contribution is -2.29. The molecule has 0 bridgehead atoms. The maximum Gasteiger partial charge on any atom is 0.307 e. The quantitative estimate of drug-likeness (QED) is 0.00633. The molecule has 4 aromatic heterocycles. The van der Waals surface area contributed by atoms with Gasteiger partial charge in [-0.1, -0.05) is 100 Å². The Labute approximate surface area is 812 Å². The number of nitro groups is 3. The lowest BCUT2D eigenvalue weighted by Gasteiger charge is -2.24. The molecule has 732 valence electrons. The summed E-state index contributed by atoms with van der Waals surface area (Å²) in [5.41, 5.74) is 23.7. The molecule has 0 fully saturated rings. The van der Waals surface area contributed by atoms with E-state index in [2.05, 4.69) is 192 Å². The number of nitrogen functional groups attached to an aromatic ring is 2. The average molecular weight is 1940 g/mol. The predicted octanol–water partition coefficient (Wildman–Crippen LogP) is 18.0. The highest BCUT2D eigenvalue weighted by molar-refractivity contribution is 6.66. The van der Waals surface area contributed by atoms with Crippen LogP contribution < -0.4 is 75.8 Å². The van der Waals surface area contributed by atoms with E-state index in [9.17, 15) is 43.9 Å². The molecular weight excluding hydrogens is 1820 g/mol. The Morgan fingerprint density at radius 3 is 1.10 bits per heavy atom. The van der Waals surface area contributed by atoms with Gasteiger partial charge in [0.25, 0.3) is 5.69 Å². The second kappa shape index (κ2) is 53.3. The number of nitrogens with two attached hydrogens (primary N) is 2. The standard InChI is InChI=1S/C24H29N7O3.C24H31N7O.C19H16FN5O3.C12H10ClN3.C7H7FN2O3.C6H15N.C3H3ClO.CH4O.CH4/c1-28(2)13-14-29(3)20-16-22(34-4)18(15-21(20)31(32)33)26-24-25-11-9-23(27-24)30-12-10-17-7-5-6-8-19(17)30;1-29(2)13-14-30(3)21-16-22(32-4)19(15-18(21)25)27-24-26-11-9-23(28-24)31-12-10-17-7-5-6-8-20(17)31;1-28-17-10-13(20)16(25(26)27)11-14(17)22-19-21-8-6-18(23-19)24-9-7-12-4-2-3-5-15(12)24;13-12-14-7-5-11(15-12)16-8-6-9-3-1-2-4-10(9)16;1-13-7-2-4(8)6(10(11)12)3-5(7)9;1-4-5-6-7(2)3;1-2-3(4)5;1-2;/h5-9,11,15-16H,10,12-14H2,1-4H3,(H,25,26,27);5-9,11,15-16H,10,12-14,25H2,1-4H3,(H,26,27,28);2-6,8,10-11H,7,9H2,1H3,(H,21,22,23);1-5,7H,6,8H2;2-3H,9H2,1H3;4-6H2,1-3H3;2H,1H2;2H,1H3;1H4. The molecule has 138 heavy (non-hydrogen) atoms. The highest BCUT2D eigenvalue weighted by Gasteiger charge is 2.29. The number of nitrogens with one attached hydrogen (secondary N) is 3. The van der Waals surface area contributed by atoms with Gasteiger partial charge in [-0.15, -0.1) is 0 Å². The summed E-state index contributed by atoms with van der Waals surface area (Å²) in [6.07, 6.45) is 14.3. The first-order valence-corrected chi connectivity index (χ1v) is 44.1. The van der Waals surface area contributed by atoms with Crippen LogP contribution in [0, 0.1) is 42.0 Å². The number of anilines is 18. The minimum atomic E-state index is -0.976. The molecule has 0 atom stereocenters. The van der Waals surface area contributed by atoms with Crippen molar-refractivity contribution in [3.05, 3.63) is 277 Å². The largest absolute Gasteiger partial charge is 0.494 e. The third-order valence-corrected chi connectivity index (χ3v) is 21.8. The van der Waals surface area contributed by atoms with Gasteiger partial charge in [0.15, 0.2) is 0 Å². The number of halogens is 4. The lowest BCUT2D eigenvalue weighted by molar-refractivity contribution is -0.387. The molecule has 4 aliphatic heterocycles. The van der Waals surface area contributed by atoms with Gasteiger partial charge in [0.05, 0.1) is 77.3 Å². The molecule has 0 saturated heterocycles. The number of para-hydroxylation sites is 4. The highest BCUT2D eigenvalue weighted by atomic mass is 35.5. The molecule has 0 spiro atoms. The number of aromatic nitrogens is 8. The van der Waals surface area contributed by atoms with Gasteiger partial charge < -0.3 is 95.6 Å². The van der Waals surface area contributed by atoms with Crippen molar-refractivity contribution in [1.29, 1.82) is 0 Å². The van der Waals surface area contributed by atoms with E-state index in [1.54, 1.807) is 44.0 Å². The van der Waals surface area contributed by atoms with Gasteiger partial charge in [-0.05, 0) is 187 Å². The number of aliphatic hydroxyl groups is 1. The molecule has 0 amide bonds. The smallest absolute Gasteiger partial charge is 0.307 e. The minimum absolute atomic E-state index is 0. The molecule has 16 rings (SSSR count). The number of benzene rings is 8. The minimum Gasteiger partial charge on any atom is -0.494 e. The summed E-state index contributed by atoms with van der Waals surface area (Å²) in [6, 6.07) is 51.4. The van der Waals surface area contributed by atoms with E-state index < -0.39 is 38.1 Å². The van der Waals surface area contributed by atoms with E-state index >= 15 is 0 Å². The normalized spacial score (nSPS) is 11.9. The zero-order chi connectivity index (χ0) is 99.5. The van der Waals surface area contributed by atoms with Crippen molar-refractivity contribution in [2.24, 2.45) is 0 Å². The lowest BCUT2D eigenvalue weighted by atomic mass is 10.2. The fraction of sp³-hybridized carbons (Fsp3) is 0.309. The van der Waals surface area contributed by atoms with E-state index in [-0.39, 0.29) is 46.9 Å². The number of hydrogen-bond donors (Lipinski definition) is 6. The fourth-order valence-electron chi connectivity index (χ4n) is 14.5. The SMILES string of the molecule is C.C=CC(=O)Cl.CCCCN(C)C.CO.COc1cc(F)c([N+](=O)[O-])cc1N.COc1cc(F)c([N+](=O)[O-])cc1Nc1nccc(N2CCc3ccccc32)n1.COc1cc(N(C)CCN(C)C)c(N)cc1Nc1nccc(N2CCc3ccccc32)n1.COc1cc(N(C)CCN(C)C)c([N+](=O)[O-])cc1Nc1nccc(N2CCc3ccccc32)n1.Clc1nccc(N2CCc3ccccc32)n1. The Morgan fingerprint density at radius 1 is 0.457 bits per heavy atom. The van der Waals surface area contributed by atoms with Crippen LogP contribution in [0.1, 0.15) is 49.4 Å². The highest BCUT2D eigenvalue weighted by Crippen LogP contribution is 2.44. The van der Waals surface area contributed by atoms with Crippen LogP contribution in [0.15, 0.2) is 207 Å². The van der Waals surface area contributed by atoms with Gasteiger partial charge in [0.1, 0.15) is 52.0 Å². The number of nitro benzene ring substituents is 3. The maximum absolute atomic E-state index is 13.8. The number of fused-ring (bicyclic) bond motifs is 4. The number of rotatable bonds is 29. The van der Waals surface area contributed by atoms with Gasteiger partial charge in [-0.25, -0.2) is 24.9 Å². The van der Waals surface area contributed by atoms with Crippen molar-refractivity contribution in [2.45, 2.75) is 52.9 Å². The topological polar surface area (TPSA) is 424 Å². The summed E-state index contributed by atoms with van der Waals surface area (Å²) < 4.78 is 47.7. The molecule has 0 unspecified atom stereocenters. The van der Waals surface area contributed by atoms with Gasteiger partial charge >= 0.3 is 11.4 Å². The summed E-state index contributed by atoms with van der Waals surface area (Å²) >= 11 is 10.5. The number of unbranched alkanes of at least 4 members (excludes halogenated alkanes) is 1. The molecule has 37 nitrogen and oxygen atoms in total. The molecule has 12 aromatic rings. The Kier molecular flexibility index (Phi) is 41.8. The second-order valence-corrected chi connectivity index (χ2v) is 32.2. The molecule has 8 N–H and O–H groups in total. The van der Waals surface area contributed by atoms with Crippen LogP contribution in [0.25, 0.3) is 0 Å². The van der Waals surface area contributed by atoms with Crippen LogP contribution in [-0.2, 0) is 30.5 Å². The molecule has 4 aliphatic rings. The van der Waals surface area contributed by atoms with Crippen LogP contribution in [0.4, 0.5) is 130 Å². The Hall–Kier alpha value is -15.0. The average Bonchev–Trinajstić information content (AvgIpc) is 1.57. The first-order chi connectivity index (χ1) is 65.8. The molecule has 8 heterocycles. The first-order valence-electron chi connectivity index (χ1n) is 43.3. The summed E-state index contributed by atoms with van der Waals surface area (Å²) in [4.78, 5) is 94.5. The van der Waals surface area contributed by atoms with E-state index in [1.165, 1.54) is 80.4 Å². The third kappa shape index (κ3) is 30.0. The number of methoxy groups -OCH3 is 4. The number of hydrogen-bond acceptors (Lipinski definition) is 34. The van der Waals surface area contributed by atoms with Crippen molar-refractivity contribution in [3.63, 3.8) is 0 Å². The number of carbonyl (C=O) groups is 1. The first kappa shape index (κ1) is 108. The van der Waals surface area contributed by atoms with Crippen molar-refractivity contribution < 1.29 is 52.4 Å². The van der Waals surface area contributed by atoms with E-state index in [0.717, 1.165) is 149 Å². The predicted molar refractivity (Wildman–Crippen MR) is 545 cm³/mol. The van der Waals surface area contributed by atoms with Crippen LogP contribution >= 0.6 is 23.2 Å². The van der Waals surface area contributed by atoms with Crippen LogP contribution in [0.5, 0.6) is 23.0 Å². The molecular formula is C97H119Cl2F2N25O12. The summed E-state index contributed by atoms with van der Waals surface area (Å²) in [5, 5.41) is 49.2. The summed E-state index contributed by atoms with van der Waals surface area (Å²) in [5.74, 6) is 3.66. The molecule has 0 saturated carbocycles. The zero-order valence-corrected chi connectivity index (χ0v) is 80.4. The van der Waals surface area contributed by atoms with Crippen molar-refractivity contribution in [3.8, 4) is 23.0 Å². The molecule has 0 aliphatic carbocycles. The molecule has 41 heteroatoms. The Morgan fingerprint density at radius 2 is 0.768 bits per heavy atom.